The molecule has 1 aromatic rings. The van der Waals surface area contributed by atoms with E-state index in [0.717, 1.165) is 0 Å². The van der Waals surface area contributed by atoms with Crippen LogP contribution in [0.4, 0.5) is 5.69 Å². The molecular weight excluding hydrogens is 384 g/mol. The van der Waals surface area contributed by atoms with Crippen LogP contribution in [0.3, 0.4) is 0 Å². The Morgan fingerprint density at radius 2 is 2.08 bits per heavy atom. The van der Waals surface area contributed by atoms with Crippen molar-refractivity contribution in [2.75, 3.05) is 44.2 Å². The molecule has 0 aliphatic carbocycles. The van der Waals surface area contributed by atoms with Crippen LogP contribution in [0, 0.1) is 0 Å². The minimum Gasteiger partial charge on any atom is -0.495 e. The van der Waals surface area contributed by atoms with Crippen molar-refractivity contribution in [3.8, 4) is 5.75 Å². The Kier molecular flexibility index (Phi) is 6.85. The van der Waals surface area contributed by atoms with E-state index in [4.69, 9.17) is 21.1 Å². The van der Waals surface area contributed by atoms with Crippen LogP contribution in [-0.2, 0) is 24.2 Å². The lowest BCUT2D eigenvalue weighted by Gasteiger charge is -2.27. The summed E-state index contributed by atoms with van der Waals surface area (Å²) in [6, 6.07) is 4.04. The van der Waals surface area contributed by atoms with Crippen LogP contribution in [0.2, 0.25) is 5.02 Å². The molecule has 0 aromatic heterocycles. The molecule has 1 saturated heterocycles. The van der Waals surface area contributed by atoms with Gasteiger partial charge in [-0.3, -0.25) is 9.59 Å². The summed E-state index contributed by atoms with van der Waals surface area (Å²) in [6.07, 6.45) is 0.305. The van der Waals surface area contributed by atoms with Gasteiger partial charge in [0, 0.05) is 25.4 Å². The molecule has 1 aliphatic rings. The van der Waals surface area contributed by atoms with Crippen LogP contribution >= 0.6 is 11.6 Å². The number of carbonyl (C=O) groups excluding carboxylic acids is 2. The molecule has 1 fully saturated rings. The highest BCUT2D eigenvalue weighted by Crippen LogP contribution is 2.27. The minimum atomic E-state index is -3.19. The van der Waals surface area contributed by atoms with Gasteiger partial charge in [0.2, 0.25) is 0 Å². The minimum absolute atomic E-state index is 0.00410. The molecule has 1 N–H and O–H groups in total. The molecule has 1 atom stereocenters. The van der Waals surface area contributed by atoms with E-state index in [0.29, 0.717) is 17.9 Å². The van der Waals surface area contributed by atoms with Crippen molar-refractivity contribution in [1.82, 2.24) is 4.90 Å². The van der Waals surface area contributed by atoms with Crippen LogP contribution in [0.5, 0.6) is 5.75 Å². The van der Waals surface area contributed by atoms with Crippen LogP contribution in [0.1, 0.15) is 6.42 Å². The third kappa shape index (κ3) is 5.09. The van der Waals surface area contributed by atoms with Crippen molar-refractivity contribution in [1.29, 1.82) is 0 Å². The first-order valence-corrected chi connectivity index (χ1v) is 10.1. The van der Waals surface area contributed by atoms with Gasteiger partial charge in [-0.15, -0.1) is 0 Å². The van der Waals surface area contributed by atoms with E-state index in [1.807, 2.05) is 0 Å². The number of methoxy groups -OCH3 is 2. The summed E-state index contributed by atoms with van der Waals surface area (Å²) in [7, 11) is -0.264. The lowest BCUT2D eigenvalue weighted by atomic mass is 10.2. The third-order valence-electron chi connectivity index (χ3n) is 4.05. The number of amides is 2. The number of benzene rings is 1. The lowest BCUT2D eigenvalue weighted by molar-refractivity contribution is -0.144. The van der Waals surface area contributed by atoms with Crippen molar-refractivity contribution < 1.29 is 27.5 Å². The topological polar surface area (TPSA) is 102 Å². The highest BCUT2D eigenvalue weighted by molar-refractivity contribution is 7.91. The summed E-state index contributed by atoms with van der Waals surface area (Å²) in [5.74, 6) is -1.38. The van der Waals surface area contributed by atoms with Gasteiger partial charge in [-0.05, 0) is 24.6 Å². The van der Waals surface area contributed by atoms with Gasteiger partial charge in [0.1, 0.15) is 5.75 Å². The first-order valence-electron chi connectivity index (χ1n) is 7.92. The third-order valence-corrected chi connectivity index (χ3v) is 6.10. The van der Waals surface area contributed by atoms with E-state index in [9.17, 15) is 18.0 Å². The summed E-state index contributed by atoms with van der Waals surface area (Å²) in [4.78, 5) is 26.2. The number of ether oxygens (including phenoxy) is 2. The zero-order valence-electron chi connectivity index (χ0n) is 14.5. The Morgan fingerprint density at radius 3 is 2.62 bits per heavy atom. The normalized spacial score (nSPS) is 18.3. The Balaban J connectivity index is 2.11. The van der Waals surface area contributed by atoms with E-state index in [1.54, 1.807) is 12.1 Å². The first-order chi connectivity index (χ1) is 12.3. The van der Waals surface area contributed by atoms with Crippen molar-refractivity contribution >= 4 is 38.9 Å². The fraction of sp³-hybridized carbons (Fsp3) is 0.500. The van der Waals surface area contributed by atoms with Gasteiger partial charge in [0.25, 0.3) is 0 Å². The van der Waals surface area contributed by atoms with E-state index < -0.39 is 27.7 Å². The van der Waals surface area contributed by atoms with Crippen LogP contribution in [-0.4, -0.2) is 70.1 Å². The average Bonchev–Trinajstić information content (AvgIpc) is 2.95. The van der Waals surface area contributed by atoms with Crippen LogP contribution < -0.4 is 10.1 Å². The number of sulfone groups is 1. The van der Waals surface area contributed by atoms with Gasteiger partial charge in [-0.1, -0.05) is 11.6 Å². The number of hydrogen-bond donors (Lipinski definition) is 1. The molecule has 8 nitrogen and oxygen atoms in total. The van der Waals surface area contributed by atoms with Crippen LogP contribution in [0.15, 0.2) is 18.2 Å². The van der Waals surface area contributed by atoms with Gasteiger partial charge in [0.15, 0.2) is 9.84 Å². The molecule has 2 amide bonds. The number of nitrogens with zero attached hydrogens (tertiary/aromatic N) is 1. The molecule has 144 valence electrons. The zero-order valence-corrected chi connectivity index (χ0v) is 16.1. The molecule has 10 heteroatoms. The predicted molar refractivity (Wildman–Crippen MR) is 97.3 cm³/mol. The number of hydrogen-bond acceptors (Lipinski definition) is 6. The van der Waals surface area contributed by atoms with Gasteiger partial charge in [0.05, 0.1) is 30.2 Å². The summed E-state index contributed by atoms with van der Waals surface area (Å²) in [6.45, 7) is 0.330. The summed E-state index contributed by atoms with van der Waals surface area (Å²) in [5.41, 5.74) is 0.333. The molecule has 1 aliphatic heterocycles. The second-order valence-corrected chi connectivity index (χ2v) is 8.49. The largest absolute Gasteiger partial charge is 0.495 e. The summed E-state index contributed by atoms with van der Waals surface area (Å²) in [5, 5.41) is 2.76. The molecule has 1 aromatic carbocycles. The maximum atomic E-state index is 12.6. The van der Waals surface area contributed by atoms with Crippen molar-refractivity contribution in [3.63, 3.8) is 0 Å². The van der Waals surface area contributed by atoms with Gasteiger partial charge < -0.3 is 19.7 Å². The molecule has 26 heavy (non-hydrogen) atoms. The monoisotopic (exact) mass is 404 g/mol. The first kappa shape index (κ1) is 20.5. The van der Waals surface area contributed by atoms with Gasteiger partial charge >= 0.3 is 11.8 Å². The Labute approximate surface area is 157 Å². The van der Waals surface area contributed by atoms with Gasteiger partial charge in [-0.2, -0.15) is 0 Å². The maximum absolute atomic E-state index is 12.6. The number of halogens is 1. The van der Waals surface area contributed by atoms with Crippen molar-refractivity contribution in [3.05, 3.63) is 23.2 Å². The average molecular weight is 405 g/mol. The number of anilines is 1. The number of nitrogens with one attached hydrogen (secondary N) is 1. The predicted octanol–water partition coefficient (Wildman–Crippen LogP) is 0.949. The molecule has 0 radical (unpaired) electrons. The Morgan fingerprint density at radius 1 is 1.35 bits per heavy atom. The van der Waals surface area contributed by atoms with Gasteiger partial charge in [-0.25, -0.2) is 8.42 Å². The lowest BCUT2D eigenvalue weighted by Crippen LogP contribution is -2.47. The maximum Gasteiger partial charge on any atom is 0.313 e. The van der Waals surface area contributed by atoms with E-state index in [-0.39, 0.29) is 29.7 Å². The smallest absolute Gasteiger partial charge is 0.313 e. The molecule has 0 spiro atoms. The zero-order chi connectivity index (χ0) is 19.3. The second-order valence-electron chi connectivity index (χ2n) is 5.85. The number of carbonyl (C=O) groups is 2. The summed E-state index contributed by atoms with van der Waals surface area (Å²) >= 11 is 6.00. The van der Waals surface area contributed by atoms with Crippen LogP contribution in [0.25, 0.3) is 0 Å². The molecule has 0 bridgehead atoms. The van der Waals surface area contributed by atoms with E-state index in [1.165, 1.54) is 25.2 Å². The SMILES string of the molecule is COCCN(C(=O)C(=O)Nc1ccc(OC)c(Cl)c1)C1CCS(=O)(=O)C1. The van der Waals surface area contributed by atoms with Crippen molar-refractivity contribution in [2.45, 2.75) is 12.5 Å². The molecule has 1 heterocycles. The fourth-order valence-electron chi connectivity index (χ4n) is 2.72. The Bertz CT molecular complexity index is 783. The standard InChI is InChI=1S/C16H21ClN2O6S/c1-24-7-6-19(12-5-8-26(22,23)10-12)16(21)15(20)18-11-3-4-14(25-2)13(17)9-11/h3-4,9,12H,5-8,10H2,1-2H3,(H,18,20). The van der Waals surface area contributed by atoms with E-state index in [2.05, 4.69) is 5.32 Å². The fourth-order valence-corrected chi connectivity index (χ4v) is 4.71. The molecule has 1 unspecified atom stereocenters. The molecule has 0 saturated carbocycles. The quantitative estimate of drug-likeness (QED) is 0.708. The highest BCUT2D eigenvalue weighted by Gasteiger charge is 2.36. The second kappa shape index (κ2) is 8.70. The van der Waals surface area contributed by atoms with Crippen molar-refractivity contribution in [2.24, 2.45) is 0 Å². The molecule has 2 rings (SSSR count). The summed E-state index contributed by atoms with van der Waals surface area (Å²) < 4.78 is 33.4. The van der Waals surface area contributed by atoms with E-state index >= 15 is 0 Å². The number of rotatable bonds is 6. The Hall–Kier alpha value is -1.84. The molecular formula is C16H21ClN2O6S. The highest BCUT2D eigenvalue weighted by atomic mass is 35.5.